The molecule has 4 aromatic rings. The number of benzene rings is 3. The summed E-state index contributed by atoms with van der Waals surface area (Å²) in [6.07, 6.45) is 1.82. The van der Waals surface area contributed by atoms with E-state index in [-0.39, 0.29) is 12.6 Å². The highest BCUT2D eigenvalue weighted by Crippen LogP contribution is 2.25. The molecule has 4 heteroatoms. The number of fused-ring (bicyclic) bond motifs is 1. The Kier molecular flexibility index (Phi) is 4.23. The summed E-state index contributed by atoms with van der Waals surface area (Å²) in [4.78, 5) is 15.5. The topological polar surface area (TPSA) is 44.1 Å². The lowest BCUT2D eigenvalue weighted by molar-refractivity contribution is -0.142. The molecule has 0 bridgehead atoms. The van der Waals surface area contributed by atoms with Crippen LogP contribution in [0.2, 0.25) is 0 Å². The van der Waals surface area contributed by atoms with Crippen LogP contribution in [-0.4, -0.2) is 15.5 Å². The van der Waals surface area contributed by atoms with Gasteiger partial charge in [0, 0.05) is 12.6 Å². The van der Waals surface area contributed by atoms with Gasteiger partial charge in [0.1, 0.15) is 12.9 Å². The third-order valence-electron chi connectivity index (χ3n) is 4.29. The maximum Gasteiger partial charge on any atom is 0.302 e. The fraction of sp³-hybridized carbons (Fsp3) is 0.0909. The maximum absolute atomic E-state index is 11.0. The van der Waals surface area contributed by atoms with Crippen LogP contribution in [0.3, 0.4) is 0 Å². The SMILES string of the molecule is CC(=O)OCc1ccc2c(c1)ncn2-c1cccc(-c2ccccc2)c1. The largest absolute Gasteiger partial charge is 0.461 e. The van der Waals surface area contributed by atoms with Gasteiger partial charge in [-0.3, -0.25) is 9.36 Å². The third-order valence-corrected chi connectivity index (χ3v) is 4.29. The van der Waals surface area contributed by atoms with Crippen molar-refractivity contribution in [1.29, 1.82) is 0 Å². The number of aromatic nitrogens is 2. The van der Waals surface area contributed by atoms with Gasteiger partial charge in [0.2, 0.25) is 0 Å². The van der Waals surface area contributed by atoms with Gasteiger partial charge in [-0.15, -0.1) is 0 Å². The van der Waals surface area contributed by atoms with E-state index in [1.807, 2.05) is 42.7 Å². The van der Waals surface area contributed by atoms with Crippen molar-refractivity contribution in [2.24, 2.45) is 0 Å². The van der Waals surface area contributed by atoms with Gasteiger partial charge >= 0.3 is 5.97 Å². The summed E-state index contributed by atoms with van der Waals surface area (Å²) in [7, 11) is 0. The number of carbonyl (C=O) groups is 1. The minimum Gasteiger partial charge on any atom is -0.461 e. The molecule has 0 radical (unpaired) electrons. The lowest BCUT2D eigenvalue weighted by atomic mass is 10.1. The molecule has 0 amide bonds. The quantitative estimate of drug-likeness (QED) is 0.503. The predicted octanol–water partition coefficient (Wildman–Crippen LogP) is 4.76. The number of ether oxygens (including phenoxy) is 1. The second-order valence-electron chi connectivity index (χ2n) is 6.13. The second-order valence-corrected chi connectivity index (χ2v) is 6.13. The molecule has 3 aromatic carbocycles. The summed E-state index contributed by atoms with van der Waals surface area (Å²) in [6.45, 7) is 1.68. The van der Waals surface area contributed by atoms with Gasteiger partial charge in [0.15, 0.2) is 0 Å². The molecule has 0 unspecified atom stereocenters. The van der Waals surface area contributed by atoms with E-state index in [9.17, 15) is 4.79 Å². The molecule has 0 aliphatic carbocycles. The van der Waals surface area contributed by atoms with Crippen molar-refractivity contribution < 1.29 is 9.53 Å². The van der Waals surface area contributed by atoms with E-state index in [2.05, 4.69) is 45.9 Å². The number of hydrogen-bond donors (Lipinski definition) is 0. The summed E-state index contributed by atoms with van der Waals surface area (Å²) in [5.41, 5.74) is 6.22. The summed E-state index contributed by atoms with van der Waals surface area (Å²) in [6, 6.07) is 24.6. The number of esters is 1. The van der Waals surface area contributed by atoms with Gasteiger partial charge in [-0.25, -0.2) is 4.98 Å². The zero-order valence-electron chi connectivity index (χ0n) is 14.4. The standard InChI is InChI=1S/C22H18N2O2/c1-16(25)26-14-17-10-11-22-21(12-17)23-15-24(22)20-9-5-8-19(13-20)18-6-3-2-4-7-18/h2-13,15H,14H2,1H3. The van der Waals surface area contributed by atoms with E-state index in [1.165, 1.54) is 12.5 Å². The minimum absolute atomic E-state index is 0.266. The van der Waals surface area contributed by atoms with Crippen LogP contribution in [-0.2, 0) is 16.1 Å². The number of nitrogens with zero attached hydrogens (tertiary/aromatic N) is 2. The fourth-order valence-electron chi connectivity index (χ4n) is 3.00. The van der Waals surface area contributed by atoms with Crippen LogP contribution in [0.5, 0.6) is 0 Å². The molecule has 0 spiro atoms. The summed E-state index contributed by atoms with van der Waals surface area (Å²) in [5.74, 6) is -0.284. The average Bonchev–Trinajstić information content (AvgIpc) is 3.10. The molecule has 4 nitrogen and oxygen atoms in total. The summed E-state index contributed by atoms with van der Waals surface area (Å²) in [5, 5.41) is 0. The van der Waals surface area contributed by atoms with Crippen LogP contribution in [0.4, 0.5) is 0 Å². The highest BCUT2D eigenvalue weighted by atomic mass is 16.5. The van der Waals surface area contributed by atoms with Gasteiger partial charge in [-0.2, -0.15) is 0 Å². The van der Waals surface area contributed by atoms with E-state index >= 15 is 0 Å². The molecule has 0 saturated heterocycles. The van der Waals surface area contributed by atoms with E-state index in [1.54, 1.807) is 0 Å². The first kappa shape index (κ1) is 16.1. The zero-order valence-corrected chi connectivity index (χ0v) is 14.4. The third kappa shape index (κ3) is 3.22. The second kappa shape index (κ2) is 6.84. The molecule has 1 heterocycles. The molecule has 1 aromatic heterocycles. The van der Waals surface area contributed by atoms with Gasteiger partial charge in [0.05, 0.1) is 11.0 Å². The Morgan fingerprint density at radius 3 is 2.58 bits per heavy atom. The Labute approximate surface area is 151 Å². The molecule has 0 saturated carbocycles. The molecule has 4 rings (SSSR count). The number of carbonyl (C=O) groups excluding carboxylic acids is 1. The van der Waals surface area contributed by atoms with Crippen LogP contribution in [0.1, 0.15) is 12.5 Å². The Hall–Kier alpha value is -3.40. The summed E-state index contributed by atoms with van der Waals surface area (Å²) < 4.78 is 7.13. The number of hydrogen-bond acceptors (Lipinski definition) is 3. The van der Waals surface area contributed by atoms with Crippen LogP contribution >= 0.6 is 0 Å². The Balaban J connectivity index is 1.70. The van der Waals surface area contributed by atoms with Crippen molar-refractivity contribution in [3.8, 4) is 16.8 Å². The van der Waals surface area contributed by atoms with Gasteiger partial charge in [0.25, 0.3) is 0 Å². The van der Waals surface area contributed by atoms with E-state index < -0.39 is 0 Å². The molecule has 0 N–H and O–H groups in total. The number of imidazole rings is 1. The molecule has 0 fully saturated rings. The smallest absolute Gasteiger partial charge is 0.302 e. The lowest BCUT2D eigenvalue weighted by Crippen LogP contribution is -1.98. The highest BCUT2D eigenvalue weighted by molar-refractivity contribution is 5.79. The predicted molar refractivity (Wildman–Crippen MR) is 102 cm³/mol. The molecular formula is C22H18N2O2. The normalized spacial score (nSPS) is 10.8. The Bertz CT molecular complexity index is 1070. The average molecular weight is 342 g/mol. The van der Waals surface area contributed by atoms with Crippen LogP contribution in [0.15, 0.2) is 79.1 Å². The summed E-state index contributed by atoms with van der Waals surface area (Å²) >= 11 is 0. The van der Waals surface area contributed by atoms with Crippen molar-refractivity contribution in [1.82, 2.24) is 9.55 Å². The van der Waals surface area contributed by atoms with Crippen molar-refractivity contribution in [3.63, 3.8) is 0 Å². The first-order valence-corrected chi connectivity index (χ1v) is 8.46. The van der Waals surface area contributed by atoms with Crippen molar-refractivity contribution in [2.75, 3.05) is 0 Å². The van der Waals surface area contributed by atoms with E-state index in [0.29, 0.717) is 0 Å². The first-order valence-electron chi connectivity index (χ1n) is 8.46. The monoisotopic (exact) mass is 342 g/mol. The maximum atomic E-state index is 11.0. The molecular weight excluding hydrogens is 324 g/mol. The first-order chi connectivity index (χ1) is 12.7. The highest BCUT2D eigenvalue weighted by Gasteiger charge is 2.07. The Morgan fingerprint density at radius 2 is 1.77 bits per heavy atom. The molecule has 0 atom stereocenters. The van der Waals surface area contributed by atoms with Crippen molar-refractivity contribution in [3.05, 3.63) is 84.7 Å². The van der Waals surface area contributed by atoms with Crippen LogP contribution in [0.25, 0.3) is 27.8 Å². The zero-order chi connectivity index (χ0) is 17.9. The van der Waals surface area contributed by atoms with E-state index in [0.717, 1.165) is 27.8 Å². The Morgan fingerprint density at radius 1 is 0.962 bits per heavy atom. The minimum atomic E-state index is -0.284. The van der Waals surface area contributed by atoms with Crippen molar-refractivity contribution in [2.45, 2.75) is 13.5 Å². The van der Waals surface area contributed by atoms with Gasteiger partial charge in [-0.1, -0.05) is 48.5 Å². The molecule has 0 aliphatic heterocycles. The number of rotatable bonds is 4. The van der Waals surface area contributed by atoms with Crippen molar-refractivity contribution >= 4 is 17.0 Å². The van der Waals surface area contributed by atoms with Crippen LogP contribution in [0, 0.1) is 0 Å². The molecule has 26 heavy (non-hydrogen) atoms. The van der Waals surface area contributed by atoms with E-state index in [4.69, 9.17) is 4.74 Å². The lowest BCUT2D eigenvalue weighted by Gasteiger charge is -2.08. The molecule has 0 aliphatic rings. The van der Waals surface area contributed by atoms with Gasteiger partial charge < -0.3 is 4.74 Å². The molecule has 128 valence electrons. The van der Waals surface area contributed by atoms with Crippen LogP contribution < -0.4 is 0 Å². The van der Waals surface area contributed by atoms with Gasteiger partial charge in [-0.05, 0) is 41.0 Å². The fourth-order valence-corrected chi connectivity index (χ4v) is 3.00.